The second kappa shape index (κ2) is 3.53. The molecular formula is C9H12N4O. The van der Waals surface area contributed by atoms with Gasteiger partial charge in [-0.2, -0.15) is 0 Å². The van der Waals surface area contributed by atoms with Gasteiger partial charge in [-0.05, 0) is 12.5 Å². The zero-order valence-corrected chi connectivity index (χ0v) is 7.73. The molecule has 14 heavy (non-hydrogen) atoms. The average Bonchev–Trinajstić information content (AvgIpc) is 2.18. The maximum atomic E-state index is 11.4. The van der Waals surface area contributed by atoms with Gasteiger partial charge in [-0.15, -0.1) is 0 Å². The summed E-state index contributed by atoms with van der Waals surface area (Å²) in [7, 11) is 0. The van der Waals surface area contributed by atoms with Crippen molar-refractivity contribution in [3.8, 4) is 0 Å². The summed E-state index contributed by atoms with van der Waals surface area (Å²) in [4.78, 5) is 17.1. The number of amides is 2. The number of anilines is 2. The third-order valence-electron chi connectivity index (χ3n) is 2.13. The van der Waals surface area contributed by atoms with Gasteiger partial charge in [0.25, 0.3) is 0 Å². The van der Waals surface area contributed by atoms with Crippen molar-refractivity contribution in [2.75, 3.05) is 23.7 Å². The van der Waals surface area contributed by atoms with E-state index < -0.39 is 0 Å². The molecule has 0 aromatic carbocycles. The highest BCUT2D eigenvalue weighted by Crippen LogP contribution is 2.15. The number of hydrogen-bond donors (Lipinski definition) is 2. The van der Waals surface area contributed by atoms with E-state index in [1.54, 1.807) is 23.2 Å². The molecule has 0 atom stereocenters. The topological polar surface area (TPSA) is 71.2 Å². The number of nitrogens with zero attached hydrogens (tertiary/aromatic N) is 2. The van der Waals surface area contributed by atoms with Gasteiger partial charge in [-0.1, -0.05) is 0 Å². The van der Waals surface area contributed by atoms with E-state index in [9.17, 15) is 4.79 Å². The largest absolute Gasteiger partial charge is 0.399 e. The minimum absolute atomic E-state index is 0.102. The summed E-state index contributed by atoms with van der Waals surface area (Å²) in [6, 6.07) is 3.30. The molecule has 0 unspecified atom stereocenters. The molecule has 1 aliphatic rings. The smallest absolute Gasteiger partial charge is 0.323 e. The van der Waals surface area contributed by atoms with Gasteiger partial charge < -0.3 is 11.1 Å². The summed E-state index contributed by atoms with van der Waals surface area (Å²) in [5, 5.41) is 2.76. The fourth-order valence-electron chi connectivity index (χ4n) is 1.43. The lowest BCUT2D eigenvalue weighted by molar-refractivity contribution is 0.242. The fraction of sp³-hybridized carbons (Fsp3) is 0.333. The maximum Gasteiger partial charge on any atom is 0.323 e. The van der Waals surface area contributed by atoms with Crippen molar-refractivity contribution < 1.29 is 4.79 Å². The molecule has 1 fully saturated rings. The maximum absolute atomic E-state index is 11.4. The molecule has 0 saturated carbocycles. The van der Waals surface area contributed by atoms with E-state index in [1.807, 2.05) is 0 Å². The van der Waals surface area contributed by atoms with Crippen molar-refractivity contribution in [2.45, 2.75) is 6.42 Å². The molecule has 5 nitrogen and oxygen atoms in total. The number of carbonyl (C=O) groups is 1. The third kappa shape index (κ3) is 1.61. The highest BCUT2D eigenvalue weighted by molar-refractivity contribution is 5.91. The van der Waals surface area contributed by atoms with Crippen molar-refractivity contribution in [3.05, 3.63) is 18.3 Å². The van der Waals surface area contributed by atoms with E-state index in [0.29, 0.717) is 18.1 Å². The molecule has 1 aromatic rings. The standard InChI is InChI=1S/C9H12N4O/c10-7-2-4-11-8(6-7)13-5-1-3-12-9(13)14/h2,4,6H,1,3,5H2,(H2,10,11)(H,12,14). The van der Waals surface area contributed by atoms with Crippen LogP contribution in [0.25, 0.3) is 0 Å². The minimum atomic E-state index is -0.102. The second-order valence-corrected chi connectivity index (χ2v) is 3.18. The molecule has 1 aliphatic heterocycles. The van der Waals surface area contributed by atoms with Crippen molar-refractivity contribution in [1.82, 2.24) is 10.3 Å². The summed E-state index contributed by atoms with van der Waals surface area (Å²) >= 11 is 0. The summed E-state index contributed by atoms with van der Waals surface area (Å²) < 4.78 is 0. The van der Waals surface area contributed by atoms with Gasteiger partial charge in [0.1, 0.15) is 5.82 Å². The van der Waals surface area contributed by atoms with Crippen molar-refractivity contribution in [3.63, 3.8) is 0 Å². The Morgan fingerprint density at radius 1 is 1.57 bits per heavy atom. The Bertz CT molecular complexity index is 352. The molecule has 5 heteroatoms. The van der Waals surface area contributed by atoms with Crippen LogP contribution in [0.3, 0.4) is 0 Å². The lowest BCUT2D eigenvalue weighted by atomic mass is 10.3. The van der Waals surface area contributed by atoms with Crippen molar-refractivity contribution in [1.29, 1.82) is 0 Å². The van der Waals surface area contributed by atoms with Crippen LogP contribution in [0.4, 0.5) is 16.3 Å². The van der Waals surface area contributed by atoms with Gasteiger partial charge >= 0.3 is 6.03 Å². The van der Waals surface area contributed by atoms with Crippen LogP contribution in [0.1, 0.15) is 6.42 Å². The van der Waals surface area contributed by atoms with Crippen LogP contribution >= 0.6 is 0 Å². The second-order valence-electron chi connectivity index (χ2n) is 3.18. The number of carbonyl (C=O) groups excluding carboxylic acids is 1. The highest BCUT2D eigenvalue weighted by atomic mass is 16.2. The average molecular weight is 192 g/mol. The van der Waals surface area contributed by atoms with Crippen molar-refractivity contribution in [2.24, 2.45) is 0 Å². The lowest BCUT2D eigenvalue weighted by Gasteiger charge is -2.26. The van der Waals surface area contributed by atoms with Crippen LogP contribution in [0.5, 0.6) is 0 Å². The first kappa shape index (κ1) is 8.80. The van der Waals surface area contributed by atoms with Gasteiger partial charge in [0.2, 0.25) is 0 Å². The number of aromatic nitrogens is 1. The van der Waals surface area contributed by atoms with Crippen LogP contribution in [-0.4, -0.2) is 24.1 Å². The van der Waals surface area contributed by atoms with E-state index in [2.05, 4.69) is 10.3 Å². The Morgan fingerprint density at radius 2 is 2.43 bits per heavy atom. The summed E-state index contributed by atoms with van der Waals surface area (Å²) in [5.41, 5.74) is 6.23. The molecule has 0 aliphatic carbocycles. The molecular weight excluding hydrogens is 180 g/mol. The zero-order chi connectivity index (χ0) is 9.97. The Morgan fingerprint density at radius 3 is 3.14 bits per heavy atom. The van der Waals surface area contributed by atoms with E-state index in [4.69, 9.17) is 5.73 Å². The van der Waals surface area contributed by atoms with Gasteiger partial charge in [-0.3, -0.25) is 4.90 Å². The Hall–Kier alpha value is -1.78. The number of rotatable bonds is 1. The normalized spacial score (nSPS) is 16.6. The quantitative estimate of drug-likeness (QED) is 0.683. The molecule has 2 rings (SSSR count). The predicted octanol–water partition coefficient (Wildman–Crippen LogP) is 0.583. The lowest BCUT2D eigenvalue weighted by Crippen LogP contribution is -2.46. The summed E-state index contributed by atoms with van der Waals surface area (Å²) in [5.74, 6) is 0.613. The molecule has 0 radical (unpaired) electrons. The molecule has 2 heterocycles. The molecule has 2 amide bonds. The van der Waals surface area contributed by atoms with Gasteiger partial charge in [0.05, 0.1) is 0 Å². The fourth-order valence-corrected chi connectivity index (χ4v) is 1.43. The van der Waals surface area contributed by atoms with E-state index >= 15 is 0 Å². The van der Waals surface area contributed by atoms with Crippen LogP contribution in [-0.2, 0) is 0 Å². The first-order valence-electron chi connectivity index (χ1n) is 4.54. The predicted molar refractivity (Wildman–Crippen MR) is 54.0 cm³/mol. The molecule has 0 bridgehead atoms. The summed E-state index contributed by atoms with van der Waals surface area (Å²) in [6.45, 7) is 1.43. The monoisotopic (exact) mass is 192 g/mol. The summed E-state index contributed by atoms with van der Waals surface area (Å²) in [6.07, 6.45) is 2.54. The molecule has 0 spiro atoms. The van der Waals surface area contributed by atoms with Crippen LogP contribution < -0.4 is 16.0 Å². The minimum Gasteiger partial charge on any atom is -0.399 e. The van der Waals surface area contributed by atoms with E-state index in [-0.39, 0.29) is 6.03 Å². The number of hydrogen-bond acceptors (Lipinski definition) is 3. The van der Waals surface area contributed by atoms with Crippen molar-refractivity contribution >= 4 is 17.5 Å². The van der Waals surface area contributed by atoms with Crippen LogP contribution in [0.2, 0.25) is 0 Å². The molecule has 1 saturated heterocycles. The van der Waals surface area contributed by atoms with E-state index in [0.717, 1.165) is 13.0 Å². The van der Waals surface area contributed by atoms with Gasteiger partial charge in [-0.25, -0.2) is 9.78 Å². The number of nitrogen functional groups attached to an aromatic ring is 1. The Kier molecular flexibility index (Phi) is 2.22. The first-order chi connectivity index (χ1) is 6.77. The molecule has 74 valence electrons. The SMILES string of the molecule is Nc1ccnc(N2CCCNC2=O)c1. The number of pyridine rings is 1. The highest BCUT2D eigenvalue weighted by Gasteiger charge is 2.19. The number of nitrogens with two attached hydrogens (primary N) is 1. The molecule has 3 N–H and O–H groups in total. The van der Waals surface area contributed by atoms with E-state index in [1.165, 1.54) is 0 Å². The number of nitrogens with one attached hydrogen (secondary N) is 1. The third-order valence-corrected chi connectivity index (χ3v) is 2.13. The van der Waals surface area contributed by atoms with Gasteiger partial charge in [0.15, 0.2) is 0 Å². The Balaban J connectivity index is 2.24. The first-order valence-corrected chi connectivity index (χ1v) is 4.54. The number of urea groups is 1. The Labute approximate surface area is 81.9 Å². The van der Waals surface area contributed by atoms with Gasteiger partial charge in [0, 0.05) is 31.0 Å². The molecule has 1 aromatic heterocycles. The van der Waals surface area contributed by atoms with Crippen LogP contribution in [0.15, 0.2) is 18.3 Å². The zero-order valence-electron chi connectivity index (χ0n) is 7.73. The van der Waals surface area contributed by atoms with Crippen LogP contribution in [0, 0.1) is 0 Å².